The molecule has 4 heteroatoms. The maximum absolute atomic E-state index is 12.2. The van der Waals surface area contributed by atoms with E-state index in [9.17, 15) is 4.79 Å². The minimum Gasteiger partial charge on any atom is -0.378 e. The Kier molecular flexibility index (Phi) is 6.80. The Hall–Kier alpha value is -0.610. The summed E-state index contributed by atoms with van der Waals surface area (Å²) in [6, 6.07) is 0. The van der Waals surface area contributed by atoms with Crippen molar-refractivity contribution < 1.29 is 9.53 Å². The smallest absolute Gasteiger partial charge is 0.223 e. The maximum atomic E-state index is 12.2. The van der Waals surface area contributed by atoms with Crippen molar-refractivity contribution in [1.82, 2.24) is 5.32 Å². The molecule has 3 N–H and O–H groups in total. The fraction of sp³-hybridized carbons (Fsp3) is 0.938. The van der Waals surface area contributed by atoms with Crippen LogP contribution in [0.3, 0.4) is 0 Å². The third kappa shape index (κ3) is 5.06. The zero-order valence-corrected chi connectivity index (χ0v) is 12.6. The highest BCUT2D eigenvalue weighted by Crippen LogP contribution is 2.30. The minimum absolute atomic E-state index is 0.215. The van der Waals surface area contributed by atoms with Crippen LogP contribution >= 0.6 is 0 Å². The molecule has 1 aliphatic carbocycles. The Balaban J connectivity index is 1.63. The van der Waals surface area contributed by atoms with Crippen molar-refractivity contribution in [1.29, 1.82) is 0 Å². The van der Waals surface area contributed by atoms with Gasteiger partial charge in [-0.1, -0.05) is 12.8 Å². The van der Waals surface area contributed by atoms with E-state index in [1.807, 2.05) is 0 Å². The summed E-state index contributed by atoms with van der Waals surface area (Å²) in [5, 5.41) is 3.11. The number of nitrogens with two attached hydrogens (primary N) is 1. The number of ether oxygens (including phenoxy) is 1. The predicted octanol–water partition coefficient (Wildman–Crippen LogP) is 2.22. The van der Waals surface area contributed by atoms with Gasteiger partial charge < -0.3 is 15.8 Å². The van der Waals surface area contributed by atoms with Crippen LogP contribution in [0, 0.1) is 11.8 Å². The van der Waals surface area contributed by atoms with Crippen LogP contribution in [0.4, 0.5) is 0 Å². The first kappa shape index (κ1) is 15.8. The third-order valence-corrected chi connectivity index (χ3v) is 4.77. The second-order valence-corrected chi connectivity index (χ2v) is 6.38. The Morgan fingerprint density at radius 2 is 2.05 bits per heavy atom. The molecule has 3 atom stereocenters. The number of rotatable bonds is 6. The molecule has 3 unspecified atom stereocenters. The van der Waals surface area contributed by atoms with Gasteiger partial charge >= 0.3 is 0 Å². The fourth-order valence-corrected chi connectivity index (χ4v) is 3.56. The summed E-state index contributed by atoms with van der Waals surface area (Å²) in [7, 11) is 0. The first-order valence-corrected chi connectivity index (χ1v) is 8.39. The molecule has 1 aliphatic heterocycles. The third-order valence-electron chi connectivity index (χ3n) is 4.77. The lowest BCUT2D eigenvalue weighted by Crippen LogP contribution is -2.36. The lowest BCUT2D eigenvalue weighted by molar-refractivity contribution is -0.126. The van der Waals surface area contributed by atoms with Gasteiger partial charge in [-0.3, -0.25) is 4.79 Å². The second kappa shape index (κ2) is 8.63. The largest absolute Gasteiger partial charge is 0.378 e. The van der Waals surface area contributed by atoms with Crippen molar-refractivity contribution >= 4 is 5.91 Å². The number of amides is 1. The van der Waals surface area contributed by atoms with Gasteiger partial charge in [0.25, 0.3) is 0 Å². The summed E-state index contributed by atoms with van der Waals surface area (Å²) in [4.78, 5) is 12.2. The molecule has 0 aromatic carbocycles. The van der Waals surface area contributed by atoms with Crippen molar-refractivity contribution in [2.75, 3.05) is 19.7 Å². The highest BCUT2D eigenvalue weighted by molar-refractivity contribution is 5.78. The Morgan fingerprint density at radius 3 is 2.80 bits per heavy atom. The zero-order chi connectivity index (χ0) is 14.2. The molecule has 0 bridgehead atoms. The summed E-state index contributed by atoms with van der Waals surface area (Å²) in [6.45, 7) is 2.40. The van der Waals surface area contributed by atoms with Crippen molar-refractivity contribution in [3.05, 3.63) is 0 Å². The summed E-state index contributed by atoms with van der Waals surface area (Å²) in [5.41, 5.74) is 5.63. The molecule has 116 valence electrons. The highest BCUT2D eigenvalue weighted by atomic mass is 16.5. The van der Waals surface area contributed by atoms with Crippen LogP contribution in [0.15, 0.2) is 0 Å². The first-order valence-electron chi connectivity index (χ1n) is 8.39. The standard InChI is InChI=1S/C16H30N2O2/c17-9-7-13-4-3-5-14(12-13)16(19)18-10-8-15-6-1-2-11-20-15/h13-15H,1-12,17H2,(H,18,19). The topological polar surface area (TPSA) is 64.4 Å². The average Bonchev–Trinajstić information content (AvgIpc) is 2.49. The summed E-state index contributed by atoms with van der Waals surface area (Å²) in [5.74, 6) is 1.13. The summed E-state index contributed by atoms with van der Waals surface area (Å²) in [6.07, 6.45) is 10.5. The quantitative estimate of drug-likeness (QED) is 0.785. The van der Waals surface area contributed by atoms with Gasteiger partial charge in [0.1, 0.15) is 0 Å². The SMILES string of the molecule is NCCC1CCCC(C(=O)NCCC2CCCCO2)C1. The van der Waals surface area contributed by atoms with Crippen molar-refractivity contribution in [3.8, 4) is 0 Å². The van der Waals surface area contributed by atoms with Crippen LogP contribution in [0.25, 0.3) is 0 Å². The van der Waals surface area contributed by atoms with E-state index in [1.54, 1.807) is 0 Å². The monoisotopic (exact) mass is 282 g/mol. The van der Waals surface area contributed by atoms with Gasteiger partial charge in [0.15, 0.2) is 0 Å². The van der Waals surface area contributed by atoms with Gasteiger partial charge in [-0.15, -0.1) is 0 Å². The van der Waals surface area contributed by atoms with Crippen LogP contribution in [-0.4, -0.2) is 31.7 Å². The van der Waals surface area contributed by atoms with Gasteiger partial charge in [0.2, 0.25) is 5.91 Å². The van der Waals surface area contributed by atoms with Crippen molar-refractivity contribution in [2.45, 2.75) is 63.9 Å². The zero-order valence-electron chi connectivity index (χ0n) is 12.6. The molecule has 20 heavy (non-hydrogen) atoms. The Labute approximate surface area is 122 Å². The number of nitrogens with one attached hydrogen (secondary N) is 1. The molecule has 0 radical (unpaired) electrons. The molecule has 1 saturated heterocycles. The van der Waals surface area contributed by atoms with Gasteiger partial charge in [0, 0.05) is 19.1 Å². The van der Waals surface area contributed by atoms with Gasteiger partial charge in [-0.25, -0.2) is 0 Å². The van der Waals surface area contributed by atoms with Crippen molar-refractivity contribution in [3.63, 3.8) is 0 Å². The van der Waals surface area contributed by atoms with E-state index in [4.69, 9.17) is 10.5 Å². The normalized spacial score (nSPS) is 30.9. The Bertz CT molecular complexity index is 288. The van der Waals surface area contributed by atoms with Gasteiger partial charge in [-0.05, 0) is 57.4 Å². The van der Waals surface area contributed by atoms with E-state index in [-0.39, 0.29) is 11.8 Å². The molecule has 2 aliphatic rings. The minimum atomic E-state index is 0.215. The van der Waals surface area contributed by atoms with Crippen LogP contribution in [0.1, 0.15) is 57.8 Å². The summed E-state index contributed by atoms with van der Waals surface area (Å²) < 4.78 is 5.69. The first-order chi connectivity index (χ1) is 9.79. The molecule has 4 nitrogen and oxygen atoms in total. The van der Waals surface area contributed by atoms with E-state index >= 15 is 0 Å². The van der Waals surface area contributed by atoms with Gasteiger partial charge in [0.05, 0.1) is 6.10 Å². The van der Waals surface area contributed by atoms with E-state index < -0.39 is 0 Å². The molecule has 1 saturated carbocycles. The molecule has 2 rings (SSSR count). The van der Waals surface area contributed by atoms with Crippen molar-refractivity contribution in [2.24, 2.45) is 17.6 Å². The van der Waals surface area contributed by atoms with Crippen LogP contribution in [0.2, 0.25) is 0 Å². The van der Waals surface area contributed by atoms with E-state index in [1.165, 1.54) is 25.7 Å². The number of carbonyl (C=O) groups excluding carboxylic acids is 1. The highest BCUT2D eigenvalue weighted by Gasteiger charge is 2.26. The molecule has 0 spiro atoms. The molecule has 0 aromatic heterocycles. The van der Waals surface area contributed by atoms with E-state index in [0.717, 1.165) is 51.8 Å². The van der Waals surface area contributed by atoms with Crippen LogP contribution < -0.4 is 11.1 Å². The molecular weight excluding hydrogens is 252 g/mol. The average molecular weight is 282 g/mol. The maximum Gasteiger partial charge on any atom is 0.223 e. The number of hydrogen-bond donors (Lipinski definition) is 2. The molecule has 0 aromatic rings. The predicted molar refractivity (Wildman–Crippen MR) is 80.3 cm³/mol. The molecule has 1 amide bonds. The van der Waals surface area contributed by atoms with Gasteiger partial charge in [-0.2, -0.15) is 0 Å². The summed E-state index contributed by atoms with van der Waals surface area (Å²) >= 11 is 0. The molecular formula is C16H30N2O2. The Morgan fingerprint density at radius 1 is 1.15 bits per heavy atom. The lowest BCUT2D eigenvalue weighted by atomic mass is 9.79. The molecule has 2 fully saturated rings. The fourth-order valence-electron chi connectivity index (χ4n) is 3.56. The lowest BCUT2D eigenvalue weighted by Gasteiger charge is -2.28. The number of carbonyl (C=O) groups is 1. The van der Waals surface area contributed by atoms with Crippen LogP contribution in [-0.2, 0) is 9.53 Å². The van der Waals surface area contributed by atoms with E-state index in [2.05, 4.69) is 5.32 Å². The molecule has 1 heterocycles. The second-order valence-electron chi connectivity index (χ2n) is 6.38. The van der Waals surface area contributed by atoms with Crippen LogP contribution in [0.5, 0.6) is 0 Å². The van der Waals surface area contributed by atoms with E-state index in [0.29, 0.717) is 12.0 Å². The number of hydrogen-bond acceptors (Lipinski definition) is 3.